The number of nitrogens with zero attached hydrogens (tertiary/aromatic N) is 3. The molecule has 1 aromatic heterocycles. The number of nitrogens with one attached hydrogen (secondary N) is 1. The molecular formula is C25H25FN4O4S. The second-order valence-corrected chi connectivity index (χ2v) is 10.7. The van der Waals surface area contributed by atoms with Crippen LogP contribution in [0.1, 0.15) is 25.2 Å². The lowest BCUT2D eigenvalue weighted by molar-refractivity contribution is -0.129. The van der Waals surface area contributed by atoms with E-state index in [0.717, 1.165) is 23.3 Å². The molecule has 3 atom stereocenters. The summed E-state index contributed by atoms with van der Waals surface area (Å²) in [5, 5.41) is 3.45. The van der Waals surface area contributed by atoms with Crippen LogP contribution in [0.4, 0.5) is 15.8 Å². The summed E-state index contributed by atoms with van der Waals surface area (Å²) in [5.74, 6) is 0.807. The Hall–Kier alpha value is -3.66. The number of anilines is 2. The van der Waals surface area contributed by atoms with E-state index in [2.05, 4.69) is 10.3 Å². The number of amides is 1. The number of alkyl halides is 1. The van der Waals surface area contributed by atoms with E-state index >= 15 is 0 Å². The molecule has 8 nitrogen and oxygen atoms in total. The largest absolute Gasteiger partial charge is 0.457 e. The number of fused-ring (bicyclic) bond motifs is 1. The van der Waals surface area contributed by atoms with E-state index in [4.69, 9.17) is 4.74 Å². The van der Waals surface area contributed by atoms with Crippen LogP contribution in [-0.4, -0.2) is 49.3 Å². The molecule has 3 heterocycles. The number of likely N-dealkylation sites (tertiary alicyclic amines) is 1. The predicted molar refractivity (Wildman–Crippen MR) is 130 cm³/mol. The van der Waals surface area contributed by atoms with Gasteiger partial charge in [-0.05, 0) is 48.5 Å². The van der Waals surface area contributed by atoms with Gasteiger partial charge in [-0.1, -0.05) is 6.07 Å². The summed E-state index contributed by atoms with van der Waals surface area (Å²) in [6.07, 6.45) is 1.02. The van der Waals surface area contributed by atoms with E-state index in [1.807, 2.05) is 35.2 Å². The van der Waals surface area contributed by atoms with Gasteiger partial charge in [-0.15, -0.1) is 0 Å². The Morgan fingerprint density at radius 2 is 1.86 bits per heavy atom. The molecular weight excluding hydrogens is 471 g/mol. The molecule has 10 heteroatoms. The third-order valence-electron chi connectivity index (χ3n) is 6.22. The summed E-state index contributed by atoms with van der Waals surface area (Å²) < 4.78 is 44.0. The Balaban J connectivity index is 1.50. The number of pyridine rings is 1. The molecule has 0 spiro atoms. The minimum Gasteiger partial charge on any atom is -0.457 e. The first kappa shape index (κ1) is 23.1. The summed E-state index contributed by atoms with van der Waals surface area (Å²) in [5.41, 5.74) is 2.32. The van der Waals surface area contributed by atoms with Crippen LogP contribution in [0.5, 0.6) is 11.5 Å². The van der Waals surface area contributed by atoms with Gasteiger partial charge in [-0.2, -0.15) is 0 Å². The highest BCUT2D eigenvalue weighted by atomic mass is 32.2. The van der Waals surface area contributed by atoms with Gasteiger partial charge in [0.15, 0.2) is 9.84 Å². The second-order valence-electron chi connectivity index (χ2n) is 8.72. The minimum atomic E-state index is -3.31. The van der Waals surface area contributed by atoms with Gasteiger partial charge in [0.05, 0.1) is 28.5 Å². The predicted octanol–water partition coefficient (Wildman–Crippen LogP) is 4.12. The van der Waals surface area contributed by atoms with Crippen LogP contribution in [0.3, 0.4) is 0 Å². The van der Waals surface area contributed by atoms with Crippen LogP contribution in [0.2, 0.25) is 0 Å². The third kappa shape index (κ3) is 4.53. The molecule has 3 unspecified atom stereocenters. The lowest BCUT2D eigenvalue weighted by atomic mass is 10.2. The molecule has 2 aliphatic rings. The molecule has 1 saturated heterocycles. The number of benzene rings is 2. The van der Waals surface area contributed by atoms with Gasteiger partial charge >= 0.3 is 0 Å². The highest BCUT2D eigenvalue weighted by Gasteiger charge is 2.44. The zero-order valence-electron chi connectivity index (χ0n) is 19.3. The highest BCUT2D eigenvalue weighted by Crippen LogP contribution is 2.46. The van der Waals surface area contributed by atoms with E-state index in [9.17, 15) is 17.6 Å². The molecule has 182 valence electrons. The maximum Gasteiger partial charge on any atom is 0.221 e. The Labute approximate surface area is 203 Å². The van der Waals surface area contributed by atoms with Crippen LogP contribution < -0.4 is 15.0 Å². The topological polar surface area (TPSA) is 91.8 Å². The fraction of sp³-hybridized carbons (Fsp3) is 0.280. The number of carbonyl (C=O) groups is 1. The number of halogens is 1. The van der Waals surface area contributed by atoms with Gasteiger partial charge in [-0.3, -0.25) is 9.78 Å². The maximum atomic E-state index is 14.5. The van der Waals surface area contributed by atoms with E-state index in [-0.39, 0.29) is 23.8 Å². The van der Waals surface area contributed by atoms with Crippen molar-refractivity contribution in [1.29, 1.82) is 0 Å². The molecule has 5 rings (SSSR count). The molecule has 0 saturated carbocycles. The average Bonchev–Trinajstić information content (AvgIpc) is 3.39. The Kier molecular flexibility index (Phi) is 5.84. The van der Waals surface area contributed by atoms with Crippen LogP contribution in [-0.2, 0) is 14.6 Å². The Morgan fingerprint density at radius 3 is 2.51 bits per heavy atom. The van der Waals surface area contributed by atoms with Crippen molar-refractivity contribution in [3.63, 3.8) is 0 Å². The van der Waals surface area contributed by atoms with Gasteiger partial charge < -0.3 is 19.9 Å². The molecule has 2 aromatic carbocycles. The highest BCUT2D eigenvalue weighted by molar-refractivity contribution is 7.90. The second kappa shape index (κ2) is 8.84. The number of ether oxygens (including phenoxy) is 1. The summed E-state index contributed by atoms with van der Waals surface area (Å²) in [4.78, 5) is 20.6. The van der Waals surface area contributed by atoms with Gasteiger partial charge in [0.2, 0.25) is 5.91 Å². The van der Waals surface area contributed by atoms with Crippen molar-refractivity contribution < 1.29 is 22.3 Å². The summed E-state index contributed by atoms with van der Waals surface area (Å²) in [6, 6.07) is 17.3. The first-order valence-electron chi connectivity index (χ1n) is 11.2. The van der Waals surface area contributed by atoms with Crippen LogP contribution in [0.25, 0.3) is 0 Å². The summed E-state index contributed by atoms with van der Waals surface area (Å²) >= 11 is 0. The number of carbonyl (C=O) groups excluding carboxylic acids is 1. The monoisotopic (exact) mass is 496 g/mol. The molecule has 2 aliphatic heterocycles. The number of hydrogen-bond donors (Lipinski definition) is 1. The first-order chi connectivity index (χ1) is 16.7. The van der Waals surface area contributed by atoms with Crippen molar-refractivity contribution in [3.05, 3.63) is 72.6 Å². The van der Waals surface area contributed by atoms with Gasteiger partial charge in [0, 0.05) is 31.9 Å². The fourth-order valence-corrected chi connectivity index (χ4v) is 5.24. The molecule has 0 radical (unpaired) electrons. The summed E-state index contributed by atoms with van der Waals surface area (Å²) in [7, 11) is -3.31. The molecule has 0 aliphatic carbocycles. The average molecular weight is 497 g/mol. The summed E-state index contributed by atoms with van der Waals surface area (Å²) in [6.45, 7) is 1.49. The first-order valence-corrected chi connectivity index (χ1v) is 13.1. The zero-order chi connectivity index (χ0) is 24.7. The van der Waals surface area contributed by atoms with Crippen LogP contribution >= 0.6 is 0 Å². The standard InChI is InChI=1S/C25H25FN4O4S/c1-16(31)29-15-17(26)13-24(29)30-23-14-19(34-18-6-9-20(10-7-18)35(2,32)33)8-11-21(23)28-25(30)22-5-3-4-12-27-22/h3-12,14,17,24-25,28H,13,15H2,1-2H3. The smallest absolute Gasteiger partial charge is 0.221 e. The van der Waals surface area contributed by atoms with Gasteiger partial charge in [0.1, 0.15) is 30.0 Å². The lowest BCUT2D eigenvalue weighted by Crippen LogP contribution is -2.48. The lowest BCUT2D eigenvalue weighted by Gasteiger charge is -2.37. The van der Waals surface area contributed by atoms with E-state index in [0.29, 0.717) is 11.5 Å². The van der Waals surface area contributed by atoms with Crippen LogP contribution in [0.15, 0.2) is 71.8 Å². The number of aromatic nitrogens is 1. The van der Waals surface area contributed by atoms with Gasteiger partial charge in [0.25, 0.3) is 0 Å². The molecule has 35 heavy (non-hydrogen) atoms. The normalized spacial score (nSPS) is 21.5. The SMILES string of the molecule is CC(=O)N1CC(F)CC1N1c2cc(Oc3ccc(S(C)(=O)=O)cc3)ccc2NC1c1ccccn1. The Bertz CT molecular complexity index is 1350. The van der Waals surface area contributed by atoms with Gasteiger partial charge in [-0.25, -0.2) is 12.8 Å². The molecule has 3 aromatic rings. The van der Waals surface area contributed by atoms with Crippen molar-refractivity contribution in [1.82, 2.24) is 9.88 Å². The van der Waals surface area contributed by atoms with Crippen molar-refractivity contribution in [2.24, 2.45) is 0 Å². The molecule has 1 N–H and O–H groups in total. The number of hydrogen-bond acceptors (Lipinski definition) is 7. The van der Waals surface area contributed by atoms with Crippen molar-refractivity contribution in [3.8, 4) is 11.5 Å². The van der Waals surface area contributed by atoms with Crippen molar-refractivity contribution >= 4 is 27.1 Å². The molecule has 0 bridgehead atoms. The molecule has 1 fully saturated rings. The number of sulfone groups is 1. The minimum absolute atomic E-state index is 0.0453. The zero-order valence-corrected chi connectivity index (χ0v) is 20.1. The maximum absolute atomic E-state index is 14.5. The van der Waals surface area contributed by atoms with E-state index < -0.39 is 28.3 Å². The van der Waals surface area contributed by atoms with Crippen LogP contribution in [0, 0.1) is 0 Å². The third-order valence-corrected chi connectivity index (χ3v) is 7.35. The van der Waals surface area contributed by atoms with Crippen molar-refractivity contribution in [2.45, 2.75) is 36.7 Å². The number of rotatable bonds is 5. The fourth-order valence-electron chi connectivity index (χ4n) is 4.61. The van der Waals surface area contributed by atoms with E-state index in [1.54, 1.807) is 29.3 Å². The molecule has 1 amide bonds. The van der Waals surface area contributed by atoms with E-state index in [1.165, 1.54) is 19.1 Å². The quantitative estimate of drug-likeness (QED) is 0.568. The Morgan fingerprint density at radius 1 is 1.11 bits per heavy atom. The van der Waals surface area contributed by atoms with Crippen molar-refractivity contribution in [2.75, 3.05) is 23.0 Å².